The zero-order chi connectivity index (χ0) is 13.3. The fourth-order valence-electron chi connectivity index (χ4n) is 1.79. The molecule has 18 heavy (non-hydrogen) atoms. The molecule has 0 aliphatic carbocycles. The molecule has 1 aromatic heterocycles. The maximum atomic E-state index is 13.1. The van der Waals surface area contributed by atoms with Crippen molar-refractivity contribution < 1.29 is 13.6 Å². The van der Waals surface area contributed by atoms with Gasteiger partial charge in [0, 0.05) is 18.7 Å². The van der Waals surface area contributed by atoms with Gasteiger partial charge in [-0.2, -0.15) is 0 Å². The second-order valence-electron chi connectivity index (χ2n) is 4.20. The van der Waals surface area contributed by atoms with Gasteiger partial charge in [0.2, 0.25) is 5.95 Å². The number of amides is 1. The number of halogens is 2. The monoisotopic (exact) mass is 257 g/mol. The van der Waals surface area contributed by atoms with Crippen LogP contribution in [0.4, 0.5) is 14.7 Å². The summed E-state index contributed by atoms with van der Waals surface area (Å²) in [4.78, 5) is 20.7. The van der Waals surface area contributed by atoms with Crippen molar-refractivity contribution in [2.24, 2.45) is 5.84 Å². The third kappa shape index (κ3) is 2.53. The molecule has 1 fully saturated rings. The lowest BCUT2D eigenvalue weighted by Crippen LogP contribution is -2.32. The average molecular weight is 257 g/mol. The molecule has 0 aromatic carbocycles. The highest BCUT2D eigenvalue weighted by molar-refractivity contribution is 5.92. The van der Waals surface area contributed by atoms with Gasteiger partial charge in [0.1, 0.15) is 5.69 Å². The number of nitrogens with two attached hydrogens (primary N) is 1. The summed E-state index contributed by atoms with van der Waals surface area (Å²) in [6, 6.07) is 1.44. The van der Waals surface area contributed by atoms with Crippen LogP contribution in [0.2, 0.25) is 0 Å². The summed E-state index contributed by atoms with van der Waals surface area (Å²) < 4.78 is 26.2. The van der Waals surface area contributed by atoms with Crippen molar-refractivity contribution in [1.82, 2.24) is 15.4 Å². The van der Waals surface area contributed by atoms with E-state index in [0.717, 1.165) is 0 Å². The standard InChI is InChI=1S/C10H13F2N5O/c1-6-4-7(8(18)16-13)15-9(14-6)17-3-2-10(11,12)5-17/h4H,2-3,5,13H2,1H3,(H,16,18). The van der Waals surface area contributed by atoms with Crippen LogP contribution in [0.3, 0.4) is 0 Å². The number of rotatable bonds is 2. The fraction of sp³-hybridized carbons (Fsp3) is 0.500. The Kier molecular flexibility index (Phi) is 3.12. The van der Waals surface area contributed by atoms with Crippen LogP contribution in [-0.2, 0) is 0 Å². The highest BCUT2D eigenvalue weighted by Gasteiger charge is 2.39. The minimum atomic E-state index is -2.73. The average Bonchev–Trinajstić information content (AvgIpc) is 2.68. The Morgan fingerprint density at radius 3 is 2.83 bits per heavy atom. The van der Waals surface area contributed by atoms with E-state index < -0.39 is 18.4 Å². The first-order chi connectivity index (χ1) is 8.41. The number of hydrazine groups is 1. The third-order valence-corrected chi connectivity index (χ3v) is 2.66. The lowest BCUT2D eigenvalue weighted by atomic mass is 10.3. The van der Waals surface area contributed by atoms with E-state index in [2.05, 4.69) is 9.97 Å². The molecule has 6 nitrogen and oxygen atoms in total. The van der Waals surface area contributed by atoms with Gasteiger partial charge in [-0.25, -0.2) is 24.6 Å². The number of nitrogens with one attached hydrogen (secondary N) is 1. The highest BCUT2D eigenvalue weighted by Crippen LogP contribution is 2.29. The van der Waals surface area contributed by atoms with E-state index in [9.17, 15) is 13.6 Å². The normalized spacial score (nSPS) is 17.9. The molecule has 2 rings (SSSR count). The van der Waals surface area contributed by atoms with Crippen molar-refractivity contribution in [3.05, 3.63) is 17.5 Å². The number of carbonyl (C=O) groups is 1. The van der Waals surface area contributed by atoms with Crippen LogP contribution in [-0.4, -0.2) is 34.9 Å². The Hall–Kier alpha value is -1.83. The van der Waals surface area contributed by atoms with E-state index in [1.165, 1.54) is 11.0 Å². The van der Waals surface area contributed by atoms with E-state index >= 15 is 0 Å². The smallest absolute Gasteiger partial charge is 0.283 e. The lowest BCUT2D eigenvalue weighted by molar-refractivity contribution is 0.0256. The number of aryl methyl sites for hydroxylation is 1. The fourth-order valence-corrected chi connectivity index (χ4v) is 1.79. The summed E-state index contributed by atoms with van der Waals surface area (Å²) in [7, 11) is 0. The summed E-state index contributed by atoms with van der Waals surface area (Å²) in [5.41, 5.74) is 2.53. The van der Waals surface area contributed by atoms with Gasteiger partial charge >= 0.3 is 0 Å². The van der Waals surface area contributed by atoms with E-state index in [-0.39, 0.29) is 24.6 Å². The summed E-state index contributed by atoms with van der Waals surface area (Å²) in [5.74, 6) is 1.83. The highest BCUT2D eigenvalue weighted by atomic mass is 19.3. The zero-order valence-electron chi connectivity index (χ0n) is 9.78. The van der Waals surface area contributed by atoms with Crippen molar-refractivity contribution in [3.63, 3.8) is 0 Å². The number of nitrogen functional groups attached to an aromatic ring is 1. The number of carbonyl (C=O) groups excluding carboxylic acids is 1. The predicted octanol–water partition coefficient (Wildman–Crippen LogP) is 0.234. The van der Waals surface area contributed by atoms with Gasteiger partial charge in [-0.05, 0) is 13.0 Å². The molecule has 0 saturated carbocycles. The van der Waals surface area contributed by atoms with Gasteiger partial charge < -0.3 is 4.90 Å². The number of aromatic nitrogens is 2. The number of anilines is 1. The Bertz CT molecular complexity index is 479. The Labute approximate surface area is 102 Å². The van der Waals surface area contributed by atoms with Crippen LogP contribution in [0, 0.1) is 6.92 Å². The molecule has 0 radical (unpaired) electrons. The molecule has 1 amide bonds. The first kappa shape index (κ1) is 12.6. The summed E-state index contributed by atoms with van der Waals surface area (Å²) in [5, 5.41) is 0. The topological polar surface area (TPSA) is 84.1 Å². The van der Waals surface area contributed by atoms with Crippen molar-refractivity contribution in [1.29, 1.82) is 0 Å². The molecule has 0 atom stereocenters. The Balaban J connectivity index is 2.29. The number of nitrogens with zero attached hydrogens (tertiary/aromatic N) is 3. The van der Waals surface area contributed by atoms with E-state index in [0.29, 0.717) is 5.69 Å². The van der Waals surface area contributed by atoms with Gasteiger partial charge in [-0.15, -0.1) is 0 Å². The second-order valence-corrected chi connectivity index (χ2v) is 4.20. The summed E-state index contributed by atoms with van der Waals surface area (Å²) >= 11 is 0. The van der Waals surface area contributed by atoms with Gasteiger partial charge in [0.15, 0.2) is 0 Å². The Morgan fingerprint density at radius 2 is 2.28 bits per heavy atom. The molecular formula is C10H13F2N5O. The van der Waals surface area contributed by atoms with Crippen LogP contribution in [0.25, 0.3) is 0 Å². The first-order valence-corrected chi connectivity index (χ1v) is 5.41. The zero-order valence-corrected chi connectivity index (χ0v) is 9.78. The number of hydrogen-bond donors (Lipinski definition) is 2. The molecule has 1 aromatic rings. The van der Waals surface area contributed by atoms with Crippen LogP contribution in [0.1, 0.15) is 22.6 Å². The van der Waals surface area contributed by atoms with E-state index in [4.69, 9.17) is 5.84 Å². The number of hydrogen-bond acceptors (Lipinski definition) is 5. The molecule has 8 heteroatoms. The quantitative estimate of drug-likeness (QED) is 0.450. The molecule has 98 valence electrons. The summed E-state index contributed by atoms with van der Waals surface area (Å²) in [6.45, 7) is 1.40. The van der Waals surface area contributed by atoms with Crippen molar-refractivity contribution in [2.45, 2.75) is 19.3 Å². The minimum absolute atomic E-state index is 0.0650. The van der Waals surface area contributed by atoms with Crippen molar-refractivity contribution in [3.8, 4) is 0 Å². The van der Waals surface area contributed by atoms with Gasteiger partial charge in [-0.3, -0.25) is 10.2 Å². The van der Waals surface area contributed by atoms with Crippen molar-refractivity contribution >= 4 is 11.9 Å². The van der Waals surface area contributed by atoms with Crippen LogP contribution in [0.5, 0.6) is 0 Å². The molecular weight excluding hydrogens is 244 g/mol. The molecule has 3 N–H and O–H groups in total. The Morgan fingerprint density at radius 1 is 1.56 bits per heavy atom. The predicted molar refractivity (Wildman–Crippen MR) is 60.2 cm³/mol. The van der Waals surface area contributed by atoms with Gasteiger partial charge in [0.05, 0.1) is 6.54 Å². The molecule has 1 saturated heterocycles. The van der Waals surface area contributed by atoms with E-state index in [1.54, 1.807) is 6.92 Å². The molecule has 1 aliphatic rings. The number of alkyl halides is 2. The van der Waals surface area contributed by atoms with Gasteiger partial charge in [-0.1, -0.05) is 0 Å². The maximum Gasteiger partial charge on any atom is 0.283 e. The molecule has 0 unspecified atom stereocenters. The largest absolute Gasteiger partial charge is 0.335 e. The third-order valence-electron chi connectivity index (χ3n) is 2.66. The van der Waals surface area contributed by atoms with Crippen molar-refractivity contribution in [2.75, 3.05) is 18.0 Å². The SMILES string of the molecule is Cc1cc(C(=O)NN)nc(N2CCC(F)(F)C2)n1. The molecule has 1 aliphatic heterocycles. The van der Waals surface area contributed by atoms with E-state index in [1.807, 2.05) is 5.43 Å². The molecule has 2 heterocycles. The summed E-state index contributed by atoms with van der Waals surface area (Å²) in [6.07, 6.45) is -0.233. The minimum Gasteiger partial charge on any atom is -0.335 e. The van der Waals surface area contributed by atoms with Crippen LogP contribution >= 0.6 is 0 Å². The molecule has 0 spiro atoms. The lowest BCUT2D eigenvalue weighted by Gasteiger charge is -2.16. The van der Waals surface area contributed by atoms with Gasteiger partial charge in [0.25, 0.3) is 11.8 Å². The first-order valence-electron chi connectivity index (χ1n) is 5.41. The maximum absolute atomic E-state index is 13.1. The molecule has 0 bridgehead atoms. The second kappa shape index (κ2) is 4.45. The van der Waals surface area contributed by atoms with Crippen LogP contribution in [0.15, 0.2) is 6.07 Å². The van der Waals surface area contributed by atoms with Crippen LogP contribution < -0.4 is 16.2 Å².